The van der Waals surface area contributed by atoms with E-state index in [1.165, 1.54) is 23.1 Å². The molecule has 1 aliphatic heterocycles. The number of carbonyl (C=O) groups excluding carboxylic acids is 2. The number of benzene rings is 3. The lowest BCUT2D eigenvalue weighted by atomic mass is 9.81. The summed E-state index contributed by atoms with van der Waals surface area (Å²) in [4.78, 5) is 27.7. The predicted molar refractivity (Wildman–Crippen MR) is 153 cm³/mol. The molecule has 222 valence electrons. The van der Waals surface area contributed by atoms with Crippen LogP contribution in [0.5, 0.6) is 0 Å². The number of nitrogens with zero attached hydrogens (tertiary/aromatic N) is 1. The highest BCUT2D eigenvalue weighted by Crippen LogP contribution is 2.43. The van der Waals surface area contributed by atoms with Gasteiger partial charge >= 0.3 is 6.18 Å². The normalized spacial score (nSPS) is 23.1. The number of nitrogens with two attached hydrogens (primary N) is 1. The summed E-state index contributed by atoms with van der Waals surface area (Å²) < 4.78 is 68.9. The number of sulfone groups is 1. The quantitative estimate of drug-likeness (QED) is 0.368. The van der Waals surface area contributed by atoms with E-state index in [9.17, 15) is 31.2 Å². The first-order valence-corrected chi connectivity index (χ1v) is 15.5. The molecule has 11 heteroatoms. The summed E-state index contributed by atoms with van der Waals surface area (Å²) in [5.74, 6) is -3.48. The molecule has 4 atom stereocenters. The van der Waals surface area contributed by atoms with E-state index in [1.807, 2.05) is 30.3 Å². The van der Waals surface area contributed by atoms with Crippen molar-refractivity contribution < 1.29 is 31.2 Å². The Morgan fingerprint density at radius 1 is 0.929 bits per heavy atom. The number of hydrogen-bond acceptors (Lipinski definition) is 5. The van der Waals surface area contributed by atoms with E-state index in [0.717, 1.165) is 17.8 Å². The average Bonchev–Trinajstić information content (AvgIpc) is 3.33. The summed E-state index contributed by atoms with van der Waals surface area (Å²) >= 11 is 0. The molecule has 0 unspecified atom stereocenters. The first-order chi connectivity index (χ1) is 20.0. The van der Waals surface area contributed by atoms with Gasteiger partial charge in [-0.05, 0) is 73.6 Å². The number of halogens is 3. The summed E-state index contributed by atoms with van der Waals surface area (Å²) in [6.45, 7) is 0.150. The van der Waals surface area contributed by atoms with Crippen molar-refractivity contribution in [2.24, 2.45) is 11.7 Å². The lowest BCUT2D eigenvalue weighted by molar-refractivity contribution is -0.139. The fourth-order valence-corrected chi connectivity index (χ4v) is 8.13. The van der Waals surface area contributed by atoms with Crippen molar-refractivity contribution in [3.63, 3.8) is 0 Å². The third-order valence-electron chi connectivity index (χ3n) is 8.29. The number of amides is 2. The Hall–Kier alpha value is -3.86. The molecule has 2 fully saturated rings. The maximum Gasteiger partial charge on any atom is 0.416 e. The lowest BCUT2D eigenvalue weighted by Crippen LogP contribution is -2.49. The van der Waals surface area contributed by atoms with Gasteiger partial charge in [-0.15, -0.1) is 0 Å². The molecule has 0 spiro atoms. The number of rotatable bonds is 8. The van der Waals surface area contributed by atoms with Gasteiger partial charge in [0, 0.05) is 29.9 Å². The average molecular weight is 600 g/mol. The van der Waals surface area contributed by atoms with Gasteiger partial charge < -0.3 is 16.0 Å². The van der Waals surface area contributed by atoms with Crippen LogP contribution in [0.2, 0.25) is 0 Å². The first kappa shape index (κ1) is 29.6. The zero-order valence-electron chi connectivity index (χ0n) is 22.8. The summed E-state index contributed by atoms with van der Waals surface area (Å²) in [7, 11) is -3.72. The van der Waals surface area contributed by atoms with Gasteiger partial charge in [-0.2, -0.15) is 13.2 Å². The molecule has 3 aromatic carbocycles. The molecule has 7 nitrogen and oxygen atoms in total. The number of anilines is 1. The Morgan fingerprint density at radius 2 is 1.60 bits per heavy atom. The molecule has 3 aromatic rings. The largest absolute Gasteiger partial charge is 0.416 e. The lowest BCUT2D eigenvalue weighted by Gasteiger charge is -2.41. The SMILES string of the molecule is NC(=O)c1cccc(C(F)(F)F)c1[C@@H]1CCN([C@H]2CC[C@@H](Nc3ccccc3)C[C@H]2CS(=O)(=O)c2ccccc2)C1=O. The zero-order chi connectivity index (χ0) is 30.1. The number of alkyl halides is 3. The van der Waals surface area contributed by atoms with Crippen LogP contribution in [0.15, 0.2) is 83.8 Å². The van der Waals surface area contributed by atoms with Crippen molar-refractivity contribution in [1.82, 2.24) is 4.90 Å². The smallest absolute Gasteiger partial charge is 0.382 e. The minimum Gasteiger partial charge on any atom is -0.382 e. The maximum absolute atomic E-state index is 14.0. The van der Waals surface area contributed by atoms with Gasteiger partial charge in [-0.3, -0.25) is 9.59 Å². The van der Waals surface area contributed by atoms with Crippen LogP contribution in [0.25, 0.3) is 0 Å². The van der Waals surface area contributed by atoms with Crippen molar-refractivity contribution >= 4 is 27.3 Å². The van der Waals surface area contributed by atoms with Crippen molar-refractivity contribution in [2.45, 2.75) is 54.8 Å². The van der Waals surface area contributed by atoms with Crippen LogP contribution in [0.4, 0.5) is 18.9 Å². The molecule has 42 heavy (non-hydrogen) atoms. The highest BCUT2D eigenvalue weighted by atomic mass is 32.2. The molecular formula is C31H32F3N3O4S. The molecule has 1 aliphatic carbocycles. The summed E-state index contributed by atoms with van der Waals surface area (Å²) in [5.41, 5.74) is 4.54. The van der Waals surface area contributed by atoms with Crippen LogP contribution in [-0.4, -0.2) is 49.5 Å². The highest BCUT2D eigenvalue weighted by Gasteiger charge is 2.47. The number of carbonyl (C=O) groups is 2. The van der Waals surface area contributed by atoms with Crippen LogP contribution in [-0.2, 0) is 20.8 Å². The number of nitrogens with one attached hydrogen (secondary N) is 1. The van der Waals surface area contributed by atoms with Gasteiger partial charge in [0.05, 0.1) is 22.1 Å². The molecule has 5 rings (SSSR count). The fourth-order valence-electron chi connectivity index (χ4n) is 6.45. The Labute approximate surface area is 242 Å². The molecular weight excluding hydrogens is 567 g/mol. The van der Waals surface area contributed by atoms with Crippen molar-refractivity contribution in [3.8, 4) is 0 Å². The van der Waals surface area contributed by atoms with Crippen LogP contribution in [0.3, 0.4) is 0 Å². The van der Waals surface area contributed by atoms with E-state index in [2.05, 4.69) is 5.32 Å². The van der Waals surface area contributed by atoms with E-state index in [1.54, 1.807) is 18.2 Å². The fraction of sp³-hybridized carbons (Fsp3) is 0.355. The van der Waals surface area contributed by atoms with Crippen LogP contribution >= 0.6 is 0 Å². The molecule has 3 N–H and O–H groups in total. The number of primary amides is 1. The van der Waals surface area contributed by atoms with Gasteiger partial charge in [0.1, 0.15) is 0 Å². The van der Waals surface area contributed by atoms with E-state index in [0.29, 0.717) is 19.3 Å². The van der Waals surface area contributed by atoms with E-state index in [4.69, 9.17) is 5.73 Å². The molecule has 2 amide bonds. The Balaban J connectivity index is 1.45. The second kappa shape index (κ2) is 11.8. The highest BCUT2D eigenvalue weighted by molar-refractivity contribution is 7.91. The molecule has 1 saturated heterocycles. The second-order valence-electron chi connectivity index (χ2n) is 10.9. The van der Waals surface area contributed by atoms with E-state index < -0.39 is 56.8 Å². The maximum atomic E-state index is 14.0. The van der Waals surface area contributed by atoms with Gasteiger partial charge in [-0.1, -0.05) is 42.5 Å². The number of hydrogen-bond donors (Lipinski definition) is 2. The molecule has 1 saturated carbocycles. The minimum atomic E-state index is -4.79. The number of para-hydroxylation sites is 1. The first-order valence-electron chi connectivity index (χ1n) is 13.9. The minimum absolute atomic E-state index is 0.0551. The van der Waals surface area contributed by atoms with Gasteiger partial charge in [0.25, 0.3) is 0 Å². The molecule has 0 radical (unpaired) electrons. The topological polar surface area (TPSA) is 110 Å². The molecule has 0 aromatic heterocycles. The predicted octanol–water partition coefficient (Wildman–Crippen LogP) is 5.24. The van der Waals surface area contributed by atoms with Crippen LogP contribution in [0, 0.1) is 5.92 Å². The Bertz CT molecular complexity index is 1550. The second-order valence-corrected chi connectivity index (χ2v) is 13.0. The van der Waals surface area contributed by atoms with Crippen LogP contribution < -0.4 is 11.1 Å². The van der Waals surface area contributed by atoms with E-state index in [-0.39, 0.29) is 35.2 Å². The third kappa shape index (κ3) is 6.16. The Morgan fingerprint density at radius 3 is 2.24 bits per heavy atom. The molecule has 2 aliphatic rings. The number of likely N-dealkylation sites (tertiary alicyclic amines) is 1. The van der Waals surface area contributed by atoms with Crippen LogP contribution in [0.1, 0.15) is 53.1 Å². The zero-order valence-corrected chi connectivity index (χ0v) is 23.6. The van der Waals surface area contributed by atoms with Crippen molar-refractivity contribution in [3.05, 3.63) is 95.6 Å². The van der Waals surface area contributed by atoms with Gasteiger partial charge in [0.2, 0.25) is 11.8 Å². The Kier molecular flexibility index (Phi) is 8.32. The van der Waals surface area contributed by atoms with Crippen molar-refractivity contribution in [1.29, 1.82) is 0 Å². The van der Waals surface area contributed by atoms with E-state index >= 15 is 0 Å². The van der Waals surface area contributed by atoms with Crippen molar-refractivity contribution in [2.75, 3.05) is 17.6 Å². The van der Waals surface area contributed by atoms with Gasteiger partial charge in [0.15, 0.2) is 9.84 Å². The summed E-state index contributed by atoms with van der Waals surface area (Å²) in [6.07, 6.45) is -3.16. The molecule has 0 bridgehead atoms. The monoisotopic (exact) mass is 599 g/mol. The van der Waals surface area contributed by atoms with Gasteiger partial charge in [-0.25, -0.2) is 8.42 Å². The summed E-state index contributed by atoms with van der Waals surface area (Å²) in [6, 6.07) is 20.2. The third-order valence-corrected chi connectivity index (χ3v) is 10.1. The standard InChI is InChI=1S/C31H32F3N3O4S/c32-31(33,34)26-13-7-12-24(29(35)38)28(26)25-16-17-37(30(25)39)27-15-14-22(36-21-8-3-1-4-9-21)18-20(27)19-42(40,41)23-10-5-2-6-11-23/h1-13,20,22,25,27,36H,14-19H2,(H2,35,38)/t20-,22+,25-,27-/m0/s1. The molecule has 1 heterocycles. The summed E-state index contributed by atoms with van der Waals surface area (Å²) in [5, 5.41) is 3.46.